The van der Waals surface area contributed by atoms with E-state index in [1.54, 1.807) is 24.4 Å². The summed E-state index contributed by atoms with van der Waals surface area (Å²) in [6.07, 6.45) is 3.31. The molecule has 0 saturated carbocycles. The molecule has 0 N–H and O–H groups in total. The maximum Gasteiger partial charge on any atom is 1.00 e. The van der Waals surface area contributed by atoms with Crippen molar-refractivity contribution < 1.29 is 51.6 Å². The van der Waals surface area contributed by atoms with Crippen LogP contribution in [0, 0.1) is 0 Å². The third kappa shape index (κ3) is 3.44. The molecule has 8 nitrogen and oxygen atoms in total. The van der Waals surface area contributed by atoms with Crippen LogP contribution in [-0.2, 0) is 14.7 Å². The van der Waals surface area contributed by atoms with Crippen molar-refractivity contribution in [2.75, 3.05) is 13.1 Å². The van der Waals surface area contributed by atoms with Gasteiger partial charge >= 0.3 is 35.6 Å². The van der Waals surface area contributed by atoms with Crippen LogP contribution in [0.3, 0.4) is 0 Å². The van der Waals surface area contributed by atoms with Crippen molar-refractivity contribution in [1.82, 2.24) is 14.9 Å². The average Bonchev–Trinajstić information content (AvgIpc) is 2.62. The van der Waals surface area contributed by atoms with Crippen LogP contribution in [0.1, 0.15) is 5.69 Å². The second-order valence-corrected chi connectivity index (χ2v) is 5.41. The molecule has 0 radical (unpaired) electrons. The molecule has 106 valence electrons. The van der Waals surface area contributed by atoms with E-state index in [4.69, 9.17) is 0 Å². The summed E-state index contributed by atoms with van der Waals surface area (Å²) in [5, 5.41) is 0.596. The Kier molecular flexibility index (Phi) is 4.71. The Bertz CT molecular complexity index is 678. The fourth-order valence-electron chi connectivity index (χ4n) is 2.31. The van der Waals surface area contributed by atoms with Gasteiger partial charge in [0.2, 0.25) is 10.4 Å². The molecule has 3 rings (SSSR count). The van der Waals surface area contributed by atoms with Crippen molar-refractivity contribution in [1.29, 1.82) is 0 Å². The molecule has 2 aliphatic rings. The number of aromatic nitrogens is 1. The molecule has 0 aromatic carbocycles. The summed E-state index contributed by atoms with van der Waals surface area (Å²) < 4.78 is 36.2. The Morgan fingerprint density at radius 2 is 2.14 bits per heavy atom. The number of carbonyl (C=O) groups is 1. The maximum atomic E-state index is 11.9. The minimum Gasteiger partial charge on any atom is -0.724 e. The molecular formula is C11H10N3NaO5S. The molecule has 1 aromatic rings. The second kappa shape index (κ2) is 6.03. The number of hydrogen-bond acceptors (Lipinski definition) is 6. The van der Waals surface area contributed by atoms with Gasteiger partial charge in [-0.3, -0.25) is 4.98 Å². The number of fused-ring (bicyclic) bond motifs is 2. The smallest absolute Gasteiger partial charge is 0.724 e. The minimum atomic E-state index is -4.98. The van der Waals surface area contributed by atoms with Gasteiger partial charge in [0.05, 0.1) is 11.7 Å². The maximum absolute atomic E-state index is 11.9. The van der Waals surface area contributed by atoms with Crippen LogP contribution < -0.4 is 29.6 Å². The van der Waals surface area contributed by atoms with Gasteiger partial charge in [-0.2, -0.15) is 9.35 Å². The van der Waals surface area contributed by atoms with E-state index < -0.39 is 22.5 Å². The molecule has 10 heteroatoms. The molecule has 3 heterocycles. The number of urea groups is 1. The zero-order valence-electron chi connectivity index (χ0n) is 11.2. The van der Waals surface area contributed by atoms with E-state index in [2.05, 4.69) is 9.27 Å². The molecule has 2 bridgehead atoms. The third-order valence-corrected chi connectivity index (χ3v) is 3.43. The van der Waals surface area contributed by atoms with Crippen LogP contribution >= 0.6 is 0 Å². The molecular weight excluding hydrogens is 309 g/mol. The van der Waals surface area contributed by atoms with Gasteiger partial charge in [0.1, 0.15) is 0 Å². The van der Waals surface area contributed by atoms with E-state index in [0.29, 0.717) is 17.3 Å². The Morgan fingerprint density at radius 3 is 2.76 bits per heavy atom. The van der Waals surface area contributed by atoms with Crippen molar-refractivity contribution in [3.05, 3.63) is 36.2 Å². The fraction of sp³-hybridized carbons (Fsp3) is 0.273. The summed E-state index contributed by atoms with van der Waals surface area (Å²) in [6, 6.07) is 4.12. The number of hydrogen-bond donors (Lipinski definition) is 0. The minimum absolute atomic E-state index is 0. The zero-order valence-corrected chi connectivity index (χ0v) is 14.0. The molecule has 1 saturated heterocycles. The van der Waals surface area contributed by atoms with Crippen molar-refractivity contribution >= 4 is 22.0 Å². The fourth-order valence-corrected chi connectivity index (χ4v) is 2.68. The summed E-state index contributed by atoms with van der Waals surface area (Å²) in [7, 11) is -4.98. The molecule has 2 amide bonds. The molecule has 0 aliphatic carbocycles. The normalized spacial score (nSPS) is 21.1. The number of pyridine rings is 1. The number of hydroxylamine groups is 2. The number of carbonyl (C=O) groups excluding carboxylic acids is 1. The standard InChI is InChI=1S/C11H11N3O5S.Na/c15-11-13-6-8(10-3-1-2-4-12-10)5-9(7-13)14(11)19-20(16,17)18;/h1-5,9H,6-7H2,(H,16,17,18);/q;+1/p-1. The van der Waals surface area contributed by atoms with Gasteiger partial charge in [-0.05, 0) is 17.7 Å². The largest absolute Gasteiger partial charge is 1.00 e. The van der Waals surface area contributed by atoms with Crippen molar-refractivity contribution in [2.24, 2.45) is 0 Å². The molecule has 2 aliphatic heterocycles. The molecule has 0 spiro atoms. The van der Waals surface area contributed by atoms with E-state index in [-0.39, 0.29) is 36.1 Å². The molecule has 1 fully saturated rings. The predicted octanol–water partition coefficient (Wildman–Crippen LogP) is -3.02. The summed E-state index contributed by atoms with van der Waals surface area (Å²) in [5.74, 6) is 0. The molecule has 1 atom stereocenters. The number of rotatable bonds is 3. The third-order valence-electron chi connectivity index (χ3n) is 3.09. The summed E-state index contributed by atoms with van der Waals surface area (Å²) >= 11 is 0. The van der Waals surface area contributed by atoms with Crippen LogP contribution in [0.15, 0.2) is 30.5 Å². The monoisotopic (exact) mass is 319 g/mol. The van der Waals surface area contributed by atoms with Crippen molar-refractivity contribution in [3.8, 4) is 0 Å². The zero-order chi connectivity index (χ0) is 14.3. The van der Waals surface area contributed by atoms with E-state index in [1.807, 2.05) is 6.07 Å². The van der Waals surface area contributed by atoms with Crippen LogP contribution in [0.4, 0.5) is 4.79 Å². The first kappa shape index (κ1) is 16.4. The molecule has 21 heavy (non-hydrogen) atoms. The number of amides is 2. The van der Waals surface area contributed by atoms with Gasteiger partial charge in [-0.25, -0.2) is 13.2 Å². The Hall–Kier alpha value is -0.970. The topological polar surface area (TPSA) is 103 Å². The second-order valence-electron chi connectivity index (χ2n) is 4.45. The SMILES string of the molecule is O=C1N2CC(c3ccccn3)=CC(C2)N1OS(=O)(=O)[O-].[Na+]. The van der Waals surface area contributed by atoms with Gasteiger partial charge in [0.15, 0.2) is 0 Å². The van der Waals surface area contributed by atoms with Crippen LogP contribution in [0.5, 0.6) is 0 Å². The Labute approximate surface area is 143 Å². The first-order valence-electron chi connectivity index (χ1n) is 5.80. The van der Waals surface area contributed by atoms with Crippen molar-refractivity contribution in [3.63, 3.8) is 0 Å². The van der Waals surface area contributed by atoms with E-state index in [1.165, 1.54) is 4.90 Å². The van der Waals surface area contributed by atoms with Gasteiger partial charge in [-0.15, -0.1) is 0 Å². The average molecular weight is 319 g/mol. The molecule has 1 aromatic heterocycles. The summed E-state index contributed by atoms with van der Waals surface area (Å²) in [6.45, 7) is 0.579. The van der Waals surface area contributed by atoms with E-state index in [9.17, 15) is 17.8 Å². The van der Waals surface area contributed by atoms with Crippen molar-refractivity contribution in [2.45, 2.75) is 6.04 Å². The van der Waals surface area contributed by atoms with Gasteiger partial charge in [0, 0.05) is 19.3 Å². The quantitative estimate of drug-likeness (QED) is 0.334. The summed E-state index contributed by atoms with van der Waals surface area (Å²) in [4.78, 5) is 17.5. The van der Waals surface area contributed by atoms with Crippen LogP contribution in [0.25, 0.3) is 5.57 Å². The predicted molar refractivity (Wildman–Crippen MR) is 65.6 cm³/mol. The Balaban J connectivity index is 0.00000161. The van der Waals surface area contributed by atoms with Crippen LogP contribution in [0.2, 0.25) is 0 Å². The molecule has 1 unspecified atom stereocenters. The number of nitrogens with zero attached hydrogens (tertiary/aromatic N) is 3. The first-order chi connectivity index (χ1) is 9.44. The van der Waals surface area contributed by atoms with Gasteiger partial charge in [0.25, 0.3) is 0 Å². The van der Waals surface area contributed by atoms with Crippen LogP contribution in [-0.4, -0.2) is 53.1 Å². The van der Waals surface area contributed by atoms with Gasteiger partial charge in [-0.1, -0.05) is 12.1 Å². The Morgan fingerprint density at radius 1 is 1.38 bits per heavy atom. The first-order valence-corrected chi connectivity index (χ1v) is 7.13. The summed E-state index contributed by atoms with van der Waals surface area (Å²) in [5.41, 5.74) is 1.48. The van der Waals surface area contributed by atoms with Gasteiger partial charge < -0.3 is 9.45 Å². The van der Waals surface area contributed by atoms with E-state index in [0.717, 1.165) is 5.57 Å². The van der Waals surface area contributed by atoms with E-state index >= 15 is 0 Å².